The van der Waals surface area contributed by atoms with Gasteiger partial charge in [-0.05, 0) is 54.8 Å². The first-order chi connectivity index (χ1) is 18.6. The van der Waals surface area contributed by atoms with Gasteiger partial charge in [0.15, 0.2) is 0 Å². The van der Waals surface area contributed by atoms with Gasteiger partial charge in [0.2, 0.25) is 21.8 Å². The van der Waals surface area contributed by atoms with E-state index in [4.69, 9.17) is 23.2 Å². The van der Waals surface area contributed by atoms with Gasteiger partial charge in [0, 0.05) is 42.5 Å². The van der Waals surface area contributed by atoms with Crippen molar-refractivity contribution in [3.8, 4) is 0 Å². The number of amides is 2. The van der Waals surface area contributed by atoms with Crippen molar-refractivity contribution < 1.29 is 18.0 Å². The lowest BCUT2D eigenvalue weighted by Crippen LogP contribution is -2.50. The first-order valence-corrected chi connectivity index (χ1v) is 15.3. The molecule has 0 aliphatic carbocycles. The molecule has 0 radical (unpaired) electrons. The predicted molar refractivity (Wildman–Crippen MR) is 157 cm³/mol. The molecule has 0 saturated heterocycles. The molecule has 0 bridgehead atoms. The highest BCUT2D eigenvalue weighted by Gasteiger charge is 2.30. The molecule has 39 heavy (non-hydrogen) atoms. The number of hydrogen-bond acceptors (Lipinski definition) is 4. The maximum absolute atomic E-state index is 13.7. The van der Waals surface area contributed by atoms with Crippen LogP contribution < -0.4 is 9.62 Å². The van der Waals surface area contributed by atoms with E-state index in [1.165, 1.54) is 4.31 Å². The maximum Gasteiger partial charge on any atom is 0.243 e. The van der Waals surface area contributed by atoms with Gasteiger partial charge in [-0.2, -0.15) is 0 Å². The molecule has 0 saturated carbocycles. The molecule has 0 spiro atoms. The summed E-state index contributed by atoms with van der Waals surface area (Å²) in [6.45, 7) is 2.51. The number of anilines is 1. The summed E-state index contributed by atoms with van der Waals surface area (Å²) >= 11 is 12.3. The lowest BCUT2D eigenvalue weighted by atomic mass is 10.0. The van der Waals surface area contributed by atoms with E-state index in [0.29, 0.717) is 28.7 Å². The van der Waals surface area contributed by atoms with Crippen LogP contribution in [0.3, 0.4) is 0 Å². The van der Waals surface area contributed by atoms with E-state index in [1.807, 2.05) is 43.3 Å². The van der Waals surface area contributed by atoms with Gasteiger partial charge in [-0.25, -0.2) is 8.42 Å². The Bertz CT molecular complexity index is 1370. The number of nitrogens with one attached hydrogen (secondary N) is 1. The number of sulfonamides is 1. The molecule has 3 aromatic rings. The molecular formula is C29H33Cl2N3O4S. The molecule has 0 aliphatic rings. The minimum absolute atomic E-state index is 0.0395. The Balaban J connectivity index is 1.86. The van der Waals surface area contributed by atoms with Gasteiger partial charge in [-0.1, -0.05) is 71.7 Å². The topological polar surface area (TPSA) is 86.8 Å². The summed E-state index contributed by atoms with van der Waals surface area (Å²) in [7, 11) is -3.61. The van der Waals surface area contributed by atoms with E-state index in [0.717, 1.165) is 17.4 Å². The van der Waals surface area contributed by atoms with Crippen molar-refractivity contribution in [3.63, 3.8) is 0 Å². The number of benzene rings is 3. The number of likely N-dealkylation sites (N-methyl/N-ethyl adjacent to an activating group) is 1. The third kappa shape index (κ3) is 9.27. The molecule has 0 fully saturated rings. The Morgan fingerprint density at radius 3 is 2.15 bits per heavy atom. The van der Waals surface area contributed by atoms with Crippen LogP contribution in [0.2, 0.25) is 10.0 Å². The zero-order chi connectivity index (χ0) is 28.4. The highest BCUT2D eigenvalue weighted by Crippen LogP contribution is 2.23. The fourth-order valence-corrected chi connectivity index (χ4v) is 5.67. The molecule has 1 atom stereocenters. The second-order valence-electron chi connectivity index (χ2n) is 9.17. The SMILES string of the molecule is CCNC(=O)C(Cc1ccccc1)N(Cc1cccc(Cl)c1)C(=O)CCCN(c1cccc(Cl)c1)S(C)(=O)=O. The molecule has 3 rings (SSSR count). The van der Waals surface area contributed by atoms with Crippen molar-refractivity contribution in [1.29, 1.82) is 0 Å². The Morgan fingerprint density at radius 2 is 1.54 bits per heavy atom. The Morgan fingerprint density at radius 1 is 0.897 bits per heavy atom. The summed E-state index contributed by atoms with van der Waals surface area (Å²) < 4.78 is 26.3. The number of nitrogens with zero attached hydrogens (tertiary/aromatic N) is 2. The number of hydrogen-bond donors (Lipinski definition) is 1. The lowest BCUT2D eigenvalue weighted by molar-refractivity contribution is -0.141. The van der Waals surface area contributed by atoms with Crippen LogP contribution in [0, 0.1) is 0 Å². The van der Waals surface area contributed by atoms with Crippen molar-refractivity contribution >= 4 is 50.7 Å². The van der Waals surface area contributed by atoms with Gasteiger partial charge in [-0.15, -0.1) is 0 Å². The van der Waals surface area contributed by atoms with Crippen molar-refractivity contribution in [2.75, 3.05) is 23.7 Å². The van der Waals surface area contributed by atoms with Crippen LogP contribution in [0.25, 0.3) is 0 Å². The molecule has 10 heteroatoms. The van der Waals surface area contributed by atoms with E-state index in [-0.39, 0.29) is 37.7 Å². The molecule has 208 valence electrons. The zero-order valence-electron chi connectivity index (χ0n) is 22.0. The van der Waals surface area contributed by atoms with Crippen LogP contribution in [0.15, 0.2) is 78.9 Å². The molecular weight excluding hydrogens is 557 g/mol. The summed E-state index contributed by atoms with van der Waals surface area (Å²) in [4.78, 5) is 28.5. The monoisotopic (exact) mass is 589 g/mol. The Kier molecular flexibility index (Phi) is 11.2. The number of halogens is 2. The molecule has 0 aromatic heterocycles. The lowest BCUT2D eigenvalue weighted by Gasteiger charge is -2.32. The minimum atomic E-state index is -3.61. The summed E-state index contributed by atoms with van der Waals surface area (Å²) in [5.74, 6) is -0.518. The van der Waals surface area contributed by atoms with Crippen molar-refractivity contribution in [3.05, 3.63) is 100 Å². The second kappa shape index (κ2) is 14.4. The van der Waals surface area contributed by atoms with Crippen LogP contribution in [0.4, 0.5) is 5.69 Å². The molecule has 0 heterocycles. The van der Waals surface area contributed by atoms with E-state index in [9.17, 15) is 18.0 Å². The smallest absolute Gasteiger partial charge is 0.243 e. The normalized spacial score (nSPS) is 12.0. The fraction of sp³-hybridized carbons (Fsp3) is 0.310. The van der Waals surface area contributed by atoms with Gasteiger partial charge >= 0.3 is 0 Å². The molecule has 1 N–H and O–H groups in total. The maximum atomic E-state index is 13.7. The van der Waals surface area contributed by atoms with Crippen LogP contribution in [-0.2, 0) is 32.6 Å². The first kappa shape index (κ1) is 30.5. The van der Waals surface area contributed by atoms with E-state index < -0.39 is 16.1 Å². The van der Waals surface area contributed by atoms with Crippen molar-refractivity contribution in [2.24, 2.45) is 0 Å². The van der Waals surface area contributed by atoms with Crippen LogP contribution >= 0.6 is 23.2 Å². The molecule has 2 amide bonds. The zero-order valence-corrected chi connectivity index (χ0v) is 24.3. The molecule has 1 unspecified atom stereocenters. The first-order valence-electron chi connectivity index (χ1n) is 12.7. The minimum Gasteiger partial charge on any atom is -0.355 e. The van der Waals surface area contributed by atoms with E-state index >= 15 is 0 Å². The average molecular weight is 591 g/mol. The summed E-state index contributed by atoms with van der Waals surface area (Å²) in [6.07, 6.45) is 1.73. The number of carbonyl (C=O) groups is 2. The quantitative estimate of drug-likeness (QED) is 0.292. The average Bonchev–Trinajstić information content (AvgIpc) is 2.88. The van der Waals surface area contributed by atoms with Crippen LogP contribution in [0.5, 0.6) is 0 Å². The fourth-order valence-electron chi connectivity index (χ4n) is 4.31. The van der Waals surface area contributed by atoms with Crippen LogP contribution in [0.1, 0.15) is 30.9 Å². The summed E-state index contributed by atoms with van der Waals surface area (Å²) in [6, 6.07) is 22.5. The summed E-state index contributed by atoms with van der Waals surface area (Å²) in [5, 5.41) is 3.80. The Hall–Kier alpha value is -3.07. The molecule has 3 aromatic carbocycles. The third-order valence-electron chi connectivity index (χ3n) is 6.11. The van der Waals surface area contributed by atoms with Gasteiger partial charge < -0.3 is 10.2 Å². The Labute approximate surface area is 240 Å². The van der Waals surface area contributed by atoms with Crippen molar-refractivity contribution in [2.45, 2.75) is 38.8 Å². The van der Waals surface area contributed by atoms with Gasteiger partial charge in [0.1, 0.15) is 6.04 Å². The van der Waals surface area contributed by atoms with E-state index in [2.05, 4.69) is 5.32 Å². The molecule has 7 nitrogen and oxygen atoms in total. The summed E-state index contributed by atoms with van der Waals surface area (Å²) in [5.41, 5.74) is 2.13. The predicted octanol–water partition coefficient (Wildman–Crippen LogP) is 5.32. The van der Waals surface area contributed by atoms with Gasteiger partial charge in [0.25, 0.3) is 0 Å². The van der Waals surface area contributed by atoms with E-state index in [1.54, 1.807) is 47.4 Å². The highest BCUT2D eigenvalue weighted by molar-refractivity contribution is 7.92. The van der Waals surface area contributed by atoms with Crippen molar-refractivity contribution in [1.82, 2.24) is 10.2 Å². The molecule has 0 aliphatic heterocycles. The third-order valence-corrected chi connectivity index (χ3v) is 7.78. The number of carbonyl (C=O) groups excluding carboxylic acids is 2. The van der Waals surface area contributed by atoms with Gasteiger partial charge in [-0.3, -0.25) is 13.9 Å². The number of rotatable bonds is 13. The highest BCUT2D eigenvalue weighted by atomic mass is 35.5. The van der Waals surface area contributed by atoms with Gasteiger partial charge in [0.05, 0.1) is 11.9 Å². The second-order valence-corrected chi connectivity index (χ2v) is 11.9. The standard InChI is InChI=1S/C29H33Cl2N3O4S/c1-3-32-29(36)27(19-22-10-5-4-6-11-22)33(21-23-12-7-13-24(30)18-23)28(35)16-9-17-34(39(2,37)38)26-15-8-14-25(31)20-26/h4-8,10-15,18,20,27H,3,9,16-17,19,21H2,1-2H3,(H,32,36). The largest absolute Gasteiger partial charge is 0.355 e. The van der Waals surface area contributed by atoms with Crippen LogP contribution in [-0.4, -0.2) is 50.5 Å².